The zero-order valence-corrected chi connectivity index (χ0v) is 12.5. The molecule has 0 saturated heterocycles. The maximum atomic E-state index is 11.9. The molecule has 0 aromatic heterocycles. The largest absolute Gasteiger partial charge is 0.380 e. The molecular weight excluding hydrogens is 307 g/mol. The van der Waals surface area contributed by atoms with E-state index in [0.717, 1.165) is 5.56 Å². The van der Waals surface area contributed by atoms with Crippen LogP contribution in [0.4, 0.5) is 0 Å². The molecule has 1 aliphatic carbocycles. The molecule has 0 bridgehead atoms. The van der Waals surface area contributed by atoms with Gasteiger partial charge >= 0.3 is 0 Å². The molecule has 2 nitrogen and oxygen atoms in total. The van der Waals surface area contributed by atoms with E-state index in [0.29, 0.717) is 21.2 Å². The van der Waals surface area contributed by atoms with Crippen LogP contribution in [0.3, 0.4) is 0 Å². The van der Waals surface area contributed by atoms with Crippen LogP contribution in [0.1, 0.15) is 17.5 Å². The van der Waals surface area contributed by atoms with Crippen LogP contribution >= 0.6 is 23.2 Å². The van der Waals surface area contributed by atoms with Gasteiger partial charge in [-0.3, -0.25) is 4.79 Å². The number of hydrogen-bond acceptors (Lipinski definition) is 2. The summed E-state index contributed by atoms with van der Waals surface area (Å²) in [6.45, 7) is 0. The third-order valence-electron chi connectivity index (χ3n) is 3.66. The Balaban J connectivity index is 2.09. The van der Waals surface area contributed by atoms with Crippen LogP contribution < -0.4 is 0 Å². The van der Waals surface area contributed by atoms with E-state index in [1.807, 2.05) is 0 Å². The van der Waals surface area contributed by atoms with Crippen molar-refractivity contribution in [1.29, 1.82) is 0 Å². The van der Waals surface area contributed by atoms with Gasteiger partial charge in [-0.25, -0.2) is 0 Å². The number of carbonyl (C=O) groups is 1. The average molecular weight is 319 g/mol. The third-order valence-corrected chi connectivity index (χ3v) is 4.16. The second-order valence-corrected chi connectivity index (χ2v) is 5.95. The Bertz CT molecular complexity index is 717. The van der Waals surface area contributed by atoms with Crippen molar-refractivity contribution < 1.29 is 9.90 Å². The molecular formula is C17H12Cl2O2. The van der Waals surface area contributed by atoms with Gasteiger partial charge in [0, 0.05) is 16.5 Å². The molecule has 0 saturated carbocycles. The number of halogens is 2. The van der Waals surface area contributed by atoms with Crippen LogP contribution in [0, 0.1) is 0 Å². The van der Waals surface area contributed by atoms with Crippen LogP contribution in [0.2, 0.25) is 10.0 Å². The topological polar surface area (TPSA) is 37.3 Å². The van der Waals surface area contributed by atoms with Crippen LogP contribution in [-0.2, 0) is 10.4 Å². The van der Waals surface area contributed by atoms with Gasteiger partial charge in [0.25, 0.3) is 0 Å². The number of aliphatic hydroxyl groups is 1. The fourth-order valence-corrected chi connectivity index (χ4v) is 2.87. The van der Waals surface area contributed by atoms with Gasteiger partial charge < -0.3 is 5.11 Å². The Hall–Kier alpha value is -1.61. The molecule has 106 valence electrons. The quantitative estimate of drug-likeness (QED) is 0.899. The first kappa shape index (κ1) is 14.3. The second kappa shape index (κ2) is 5.30. The molecule has 1 N–H and O–H groups in total. The van der Waals surface area contributed by atoms with Gasteiger partial charge in [-0.15, -0.1) is 0 Å². The van der Waals surface area contributed by atoms with Crippen molar-refractivity contribution in [3.63, 3.8) is 0 Å². The lowest BCUT2D eigenvalue weighted by Crippen LogP contribution is -2.25. The van der Waals surface area contributed by atoms with Crippen molar-refractivity contribution in [3.8, 4) is 0 Å². The first-order valence-electron chi connectivity index (χ1n) is 6.48. The molecule has 0 heterocycles. The molecule has 3 rings (SSSR count). The van der Waals surface area contributed by atoms with E-state index < -0.39 is 5.60 Å². The summed E-state index contributed by atoms with van der Waals surface area (Å²) in [5.74, 6) is -0.0996. The van der Waals surface area contributed by atoms with E-state index in [1.54, 1.807) is 48.5 Å². The standard InChI is InChI=1S/C17H12Cl2O2/c18-13-5-1-11(2-6-13)16-9-15(20)10-17(16,21)12-3-7-14(19)8-4-12/h1-9,21H,10H2. The van der Waals surface area contributed by atoms with Crippen LogP contribution in [0.15, 0.2) is 54.6 Å². The molecule has 1 aliphatic rings. The molecule has 4 heteroatoms. The fourth-order valence-electron chi connectivity index (χ4n) is 2.61. The summed E-state index contributed by atoms with van der Waals surface area (Å²) in [6, 6.07) is 14.0. The SMILES string of the molecule is O=C1C=C(c2ccc(Cl)cc2)C(O)(c2ccc(Cl)cc2)C1. The predicted molar refractivity (Wildman–Crippen MR) is 84.4 cm³/mol. The molecule has 0 amide bonds. The minimum Gasteiger partial charge on any atom is -0.380 e. The van der Waals surface area contributed by atoms with Crippen molar-refractivity contribution >= 4 is 34.6 Å². The van der Waals surface area contributed by atoms with Crippen LogP contribution in [-0.4, -0.2) is 10.9 Å². The zero-order valence-electron chi connectivity index (χ0n) is 11.0. The van der Waals surface area contributed by atoms with E-state index in [1.165, 1.54) is 6.08 Å². The van der Waals surface area contributed by atoms with Gasteiger partial charge in [0.2, 0.25) is 0 Å². The Kier molecular flexibility index (Phi) is 3.62. The number of hydrogen-bond donors (Lipinski definition) is 1. The lowest BCUT2D eigenvalue weighted by molar-refractivity contribution is -0.116. The molecule has 2 aromatic rings. The Morgan fingerprint density at radius 2 is 1.43 bits per heavy atom. The number of allylic oxidation sites excluding steroid dienone is 1. The predicted octanol–water partition coefficient (Wildman–Crippen LogP) is 4.24. The monoisotopic (exact) mass is 318 g/mol. The Labute approximate surface area is 132 Å². The number of rotatable bonds is 2. The van der Waals surface area contributed by atoms with Gasteiger partial charge in [0.05, 0.1) is 0 Å². The van der Waals surface area contributed by atoms with Crippen molar-refractivity contribution in [1.82, 2.24) is 0 Å². The lowest BCUT2D eigenvalue weighted by atomic mass is 9.84. The normalized spacial score (nSPS) is 21.5. The maximum Gasteiger partial charge on any atom is 0.159 e. The number of benzene rings is 2. The summed E-state index contributed by atoms with van der Waals surface area (Å²) in [7, 11) is 0. The third kappa shape index (κ3) is 2.62. The van der Waals surface area contributed by atoms with E-state index >= 15 is 0 Å². The summed E-state index contributed by atoms with van der Waals surface area (Å²) >= 11 is 11.8. The van der Waals surface area contributed by atoms with Gasteiger partial charge in [-0.05, 0) is 47.0 Å². The minimum atomic E-state index is -1.32. The summed E-state index contributed by atoms with van der Waals surface area (Å²) in [5.41, 5.74) is 0.698. The summed E-state index contributed by atoms with van der Waals surface area (Å²) < 4.78 is 0. The molecule has 1 unspecified atom stereocenters. The molecule has 1 atom stereocenters. The first-order chi connectivity index (χ1) is 9.99. The molecule has 0 aliphatic heterocycles. The zero-order chi connectivity index (χ0) is 15.0. The summed E-state index contributed by atoms with van der Waals surface area (Å²) in [5, 5.41) is 12.2. The van der Waals surface area contributed by atoms with Crippen molar-refractivity contribution in [2.24, 2.45) is 0 Å². The molecule has 21 heavy (non-hydrogen) atoms. The average Bonchev–Trinajstić information content (AvgIpc) is 2.76. The van der Waals surface area contributed by atoms with Gasteiger partial charge in [0.1, 0.15) is 5.60 Å². The Morgan fingerprint density at radius 3 is 2.00 bits per heavy atom. The second-order valence-electron chi connectivity index (χ2n) is 5.08. The van der Waals surface area contributed by atoms with Gasteiger partial charge in [0.15, 0.2) is 5.78 Å². The highest BCUT2D eigenvalue weighted by Crippen LogP contribution is 2.44. The van der Waals surface area contributed by atoms with E-state index in [4.69, 9.17) is 23.2 Å². The number of ketones is 1. The van der Waals surface area contributed by atoms with E-state index in [-0.39, 0.29) is 12.2 Å². The van der Waals surface area contributed by atoms with Crippen molar-refractivity contribution in [3.05, 3.63) is 75.8 Å². The molecule has 2 aromatic carbocycles. The molecule has 0 radical (unpaired) electrons. The smallest absolute Gasteiger partial charge is 0.159 e. The van der Waals surface area contributed by atoms with Gasteiger partial charge in [-0.2, -0.15) is 0 Å². The van der Waals surface area contributed by atoms with Crippen molar-refractivity contribution in [2.45, 2.75) is 12.0 Å². The molecule has 0 fully saturated rings. The highest BCUT2D eigenvalue weighted by molar-refractivity contribution is 6.30. The first-order valence-corrected chi connectivity index (χ1v) is 7.24. The van der Waals surface area contributed by atoms with Gasteiger partial charge in [-0.1, -0.05) is 47.5 Å². The number of carbonyl (C=O) groups excluding carboxylic acids is 1. The maximum absolute atomic E-state index is 11.9. The van der Waals surface area contributed by atoms with E-state index in [2.05, 4.69) is 0 Å². The summed E-state index contributed by atoms with van der Waals surface area (Å²) in [6.07, 6.45) is 1.53. The molecule has 0 spiro atoms. The highest BCUT2D eigenvalue weighted by Gasteiger charge is 2.41. The van der Waals surface area contributed by atoms with Crippen molar-refractivity contribution in [2.75, 3.05) is 0 Å². The highest BCUT2D eigenvalue weighted by atomic mass is 35.5. The summed E-state index contributed by atoms with van der Waals surface area (Å²) in [4.78, 5) is 11.9. The van der Waals surface area contributed by atoms with E-state index in [9.17, 15) is 9.90 Å². The fraction of sp³-hybridized carbons (Fsp3) is 0.118. The van der Waals surface area contributed by atoms with Crippen LogP contribution in [0.5, 0.6) is 0 Å². The minimum absolute atomic E-state index is 0.0343. The Morgan fingerprint density at radius 1 is 0.905 bits per heavy atom. The van der Waals surface area contributed by atoms with Crippen LogP contribution in [0.25, 0.3) is 5.57 Å². The lowest BCUT2D eigenvalue weighted by Gasteiger charge is -2.27.